The topological polar surface area (TPSA) is 76.4 Å². The molecule has 6 rings (SSSR count). The van der Waals surface area contributed by atoms with Crippen LogP contribution < -0.4 is 15.1 Å². The third-order valence-electron chi connectivity index (χ3n) is 7.25. The van der Waals surface area contributed by atoms with Crippen molar-refractivity contribution >= 4 is 16.7 Å². The van der Waals surface area contributed by atoms with Crippen molar-refractivity contribution in [1.82, 2.24) is 24.4 Å². The number of halogens is 3. The third-order valence-corrected chi connectivity index (χ3v) is 7.25. The second-order valence-electron chi connectivity index (χ2n) is 9.60. The average molecular weight is 523 g/mol. The minimum atomic E-state index is -1.13. The molecule has 3 aromatic heterocycles. The van der Waals surface area contributed by atoms with Crippen LogP contribution in [-0.4, -0.2) is 50.2 Å². The molecule has 1 atom stereocenters. The van der Waals surface area contributed by atoms with Gasteiger partial charge in [-0.25, -0.2) is 13.8 Å². The van der Waals surface area contributed by atoms with Crippen LogP contribution in [0, 0.1) is 17.5 Å². The van der Waals surface area contributed by atoms with E-state index in [0.29, 0.717) is 24.2 Å². The summed E-state index contributed by atoms with van der Waals surface area (Å²) in [5.74, 6) is -2.13. The molecule has 1 saturated heterocycles. The van der Waals surface area contributed by atoms with Crippen molar-refractivity contribution in [3.8, 4) is 5.75 Å². The Bertz CT molecular complexity index is 1550. The Labute approximate surface area is 216 Å². The Hall–Kier alpha value is -3.99. The van der Waals surface area contributed by atoms with Crippen LogP contribution in [0.15, 0.2) is 54.1 Å². The number of hydrogen-bond donors (Lipinski definition) is 0. The lowest BCUT2D eigenvalue weighted by molar-refractivity contribution is 0.155. The number of nitrogens with zero attached hydrogens (tertiary/aromatic N) is 6. The Morgan fingerprint density at radius 1 is 1.03 bits per heavy atom. The molecule has 0 radical (unpaired) electrons. The predicted octanol–water partition coefficient (Wildman–Crippen LogP) is 3.67. The average Bonchev–Trinajstić information content (AvgIpc) is 2.95. The second-order valence-corrected chi connectivity index (χ2v) is 9.60. The molecule has 1 aromatic carbocycles. The monoisotopic (exact) mass is 522 g/mol. The number of piperidine rings is 1. The molecule has 0 saturated carbocycles. The van der Waals surface area contributed by atoms with Gasteiger partial charge >= 0.3 is 0 Å². The zero-order chi connectivity index (χ0) is 26.2. The van der Waals surface area contributed by atoms with Gasteiger partial charge in [-0.2, -0.15) is 4.39 Å². The Morgan fingerprint density at radius 3 is 2.68 bits per heavy atom. The molecular weight excluding hydrogens is 497 g/mol. The van der Waals surface area contributed by atoms with E-state index in [9.17, 15) is 18.0 Å². The maximum Gasteiger partial charge on any atom is 0.202 e. The van der Waals surface area contributed by atoms with Gasteiger partial charge in [-0.3, -0.25) is 19.7 Å². The fourth-order valence-electron chi connectivity index (χ4n) is 5.40. The van der Waals surface area contributed by atoms with Crippen molar-refractivity contribution in [1.29, 1.82) is 0 Å². The van der Waals surface area contributed by atoms with Crippen LogP contribution in [0.3, 0.4) is 0 Å². The summed E-state index contributed by atoms with van der Waals surface area (Å²) >= 11 is 0. The van der Waals surface area contributed by atoms with Gasteiger partial charge in [0.25, 0.3) is 0 Å². The predicted molar refractivity (Wildman–Crippen MR) is 134 cm³/mol. The molecule has 4 aromatic rings. The molecule has 11 heteroatoms. The van der Waals surface area contributed by atoms with Crippen molar-refractivity contribution in [2.75, 3.05) is 24.6 Å². The number of hydrogen-bond acceptors (Lipinski definition) is 7. The van der Waals surface area contributed by atoms with E-state index >= 15 is 0 Å². The molecule has 0 bridgehead atoms. The lowest BCUT2D eigenvalue weighted by atomic mass is 10.0. The zero-order valence-corrected chi connectivity index (χ0v) is 20.5. The maximum atomic E-state index is 14.7. The van der Waals surface area contributed by atoms with Crippen LogP contribution in [0.25, 0.3) is 10.9 Å². The van der Waals surface area contributed by atoms with Crippen LogP contribution in [0.5, 0.6) is 5.75 Å². The van der Waals surface area contributed by atoms with Gasteiger partial charge in [0.2, 0.25) is 5.82 Å². The Kier molecular flexibility index (Phi) is 6.44. The molecule has 2 aliphatic heterocycles. The highest BCUT2D eigenvalue weighted by atomic mass is 19.2. The summed E-state index contributed by atoms with van der Waals surface area (Å²) in [5.41, 5.74) is 0.732. The van der Waals surface area contributed by atoms with Gasteiger partial charge in [-0.05, 0) is 25.0 Å². The van der Waals surface area contributed by atoms with Crippen LogP contribution in [-0.2, 0) is 19.6 Å². The lowest BCUT2D eigenvalue weighted by Crippen LogP contribution is -2.48. The van der Waals surface area contributed by atoms with Gasteiger partial charge < -0.3 is 14.2 Å². The zero-order valence-electron chi connectivity index (χ0n) is 20.5. The molecule has 0 aliphatic carbocycles. The van der Waals surface area contributed by atoms with Crippen molar-refractivity contribution in [3.05, 3.63) is 88.1 Å². The second kappa shape index (κ2) is 10.1. The molecule has 0 N–H and O–H groups in total. The highest BCUT2D eigenvalue weighted by molar-refractivity contribution is 5.86. The van der Waals surface area contributed by atoms with E-state index in [1.54, 1.807) is 35.4 Å². The molecule has 0 spiro atoms. The standard InChI is InChI=1S/C27H25F3N6O2/c28-21-10-20-25-27(24(21)30)38-9-8-35(25)14-18(26(20)37)15-36(13-17-3-4-31-11-22(17)29)19-2-1-7-34(16-19)23-12-32-5-6-33-23/h3-6,10-12,14,19H,1-2,7-9,13,15-16H2. The van der Waals surface area contributed by atoms with E-state index in [2.05, 4.69) is 24.8 Å². The smallest absolute Gasteiger partial charge is 0.202 e. The quantitative estimate of drug-likeness (QED) is 0.383. The number of aromatic nitrogens is 4. The first-order valence-electron chi connectivity index (χ1n) is 12.5. The third kappa shape index (κ3) is 4.47. The van der Waals surface area contributed by atoms with Crippen molar-refractivity contribution in [2.24, 2.45) is 0 Å². The number of pyridine rings is 2. The van der Waals surface area contributed by atoms with Gasteiger partial charge in [0.05, 0.1) is 29.8 Å². The largest absolute Gasteiger partial charge is 0.486 e. The molecule has 0 amide bonds. The first-order valence-corrected chi connectivity index (χ1v) is 12.5. The van der Waals surface area contributed by atoms with Crippen LogP contribution in [0.2, 0.25) is 0 Å². The summed E-state index contributed by atoms with van der Waals surface area (Å²) in [6.45, 7) is 2.42. The van der Waals surface area contributed by atoms with Crippen LogP contribution in [0.4, 0.5) is 19.0 Å². The molecule has 1 fully saturated rings. The normalized spacial score (nSPS) is 17.2. The molecule has 5 heterocycles. The highest BCUT2D eigenvalue weighted by Gasteiger charge is 2.29. The molecule has 2 aliphatic rings. The summed E-state index contributed by atoms with van der Waals surface area (Å²) in [7, 11) is 0. The summed E-state index contributed by atoms with van der Waals surface area (Å²) in [6.07, 6.45) is 11.1. The fraction of sp³-hybridized carbons (Fsp3) is 0.333. The van der Waals surface area contributed by atoms with Crippen LogP contribution >= 0.6 is 0 Å². The van der Waals surface area contributed by atoms with Crippen LogP contribution in [0.1, 0.15) is 24.0 Å². The summed E-state index contributed by atoms with van der Waals surface area (Å²) in [6, 6.07) is 2.54. The van der Waals surface area contributed by atoms with E-state index in [4.69, 9.17) is 4.74 Å². The lowest BCUT2D eigenvalue weighted by Gasteiger charge is -2.40. The number of ether oxygens (including phenoxy) is 1. The van der Waals surface area contributed by atoms with E-state index < -0.39 is 22.9 Å². The minimum absolute atomic E-state index is 0.0291. The number of rotatable bonds is 6. The SMILES string of the molecule is O=c1c(CN(Cc2ccncc2F)C2CCCN(c3cnccn3)C2)cn2c3c(c(F)c(F)cc13)OCC2. The van der Waals surface area contributed by atoms with E-state index in [1.807, 2.05) is 0 Å². The number of benzene rings is 1. The van der Waals surface area contributed by atoms with Gasteiger partial charge in [0.15, 0.2) is 17.0 Å². The van der Waals surface area contributed by atoms with Gasteiger partial charge in [0, 0.05) is 68.1 Å². The molecule has 196 valence electrons. The molecule has 8 nitrogen and oxygen atoms in total. The maximum absolute atomic E-state index is 14.7. The van der Waals surface area contributed by atoms with Gasteiger partial charge in [-0.15, -0.1) is 0 Å². The van der Waals surface area contributed by atoms with Crippen molar-refractivity contribution in [3.63, 3.8) is 0 Å². The first-order chi connectivity index (χ1) is 18.5. The van der Waals surface area contributed by atoms with Crippen molar-refractivity contribution < 1.29 is 17.9 Å². The Balaban J connectivity index is 1.39. The van der Waals surface area contributed by atoms with Gasteiger partial charge in [0.1, 0.15) is 18.2 Å². The summed E-state index contributed by atoms with van der Waals surface area (Å²) in [4.78, 5) is 30.2. The first kappa shape index (κ1) is 24.4. The fourth-order valence-corrected chi connectivity index (χ4v) is 5.40. The van der Waals surface area contributed by atoms with E-state index in [1.165, 1.54) is 12.4 Å². The molecular formula is C27H25F3N6O2. The van der Waals surface area contributed by atoms with E-state index in [-0.39, 0.29) is 42.4 Å². The highest BCUT2D eigenvalue weighted by Crippen LogP contribution is 2.33. The summed E-state index contributed by atoms with van der Waals surface area (Å²) < 4.78 is 50.6. The number of anilines is 1. The molecule has 1 unspecified atom stereocenters. The molecule has 38 heavy (non-hydrogen) atoms. The van der Waals surface area contributed by atoms with E-state index in [0.717, 1.165) is 31.3 Å². The summed E-state index contributed by atoms with van der Waals surface area (Å²) in [5, 5.41) is 0.0657. The van der Waals surface area contributed by atoms with Crippen molar-refractivity contribution in [2.45, 2.75) is 38.5 Å². The Morgan fingerprint density at radius 2 is 1.87 bits per heavy atom. The van der Waals surface area contributed by atoms with Gasteiger partial charge in [-0.1, -0.05) is 0 Å². The minimum Gasteiger partial charge on any atom is -0.486 e.